The van der Waals surface area contributed by atoms with Crippen LogP contribution in [0.5, 0.6) is 0 Å². The molecule has 2 aromatic heterocycles. The number of amides is 1. The number of sulfonamides is 2. The van der Waals surface area contributed by atoms with Crippen LogP contribution in [0.1, 0.15) is 24.2 Å². The summed E-state index contributed by atoms with van der Waals surface area (Å²) in [5.74, 6) is -0.343. The highest BCUT2D eigenvalue weighted by Gasteiger charge is 2.32. The summed E-state index contributed by atoms with van der Waals surface area (Å²) in [6.45, 7) is 4.08. The lowest BCUT2D eigenvalue weighted by Crippen LogP contribution is -2.50. The summed E-state index contributed by atoms with van der Waals surface area (Å²) in [4.78, 5) is 21.7. The number of hydrogen-bond acceptors (Lipinski definition) is 6. The standard InChI is InChI=1S/C21H25N5O5S2/c1-15(2)24-32(28,29)17-6-3-5-16(13-17)21(27)25-9-11-26(12-10-25)33(30,31)19-14-23-20-18(19)7-4-8-22-20/h3-8,13-15,24H,9-12H2,1-2H3,(H,22,23). The van der Waals surface area contributed by atoms with Crippen molar-refractivity contribution in [3.05, 3.63) is 54.4 Å². The Morgan fingerprint density at radius 3 is 2.48 bits per heavy atom. The number of aromatic nitrogens is 2. The maximum absolute atomic E-state index is 13.2. The zero-order valence-corrected chi connectivity index (χ0v) is 19.9. The molecule has 4 rings (SSSR count). The first-order valence-electron chi connectivity index (χ1n) is 10.4. The number of H-pyrrole nitrogens is 1. The molecular weight excluding hydrogens is 466 g/mol. The highest BCUT2D eigenvalue weighted by molar-refractivity contribution is 7.89. The van der Waals surface area contributed by atoms with Gasteiger partial charge in [-0.05, 0) is 44.2 Å². The molecule has 3 heterocycles. The van der Waals surface area contributed by atoms with Gasteiger partial charge in [0.2, 0.25) is 20.0 Å². The first kappa shape index (κ1) is 23.4. The summed E-state index contributed by atoms with van der Waals surface area (Å²) in [6.07, 6.45) is 3.01. The van der Waals surface area contributed by atoms with Gasteiger partial charge in [0, 0.05) is 55.6 Å². The molecule has 1 aromatic carbocycles. The zero-order valence-electron chi connectivity index (χ0n) is 18.2. The first-order chi connectivity index (χ1) is 15.6. The molecule has 1 amide bonds. The van der Waals surface area contributed by atoms with Crippen LogP contribution in [0.3, 0.4) is 0 Å². The van der Waals surface area contributed by atoms with Gasteiger partial charge in [0.1, 0.15) is 10.5 Å². The number of carbonyl (C=O) groups is 1. The lowest BCUT2D eigenvalue weighted by atomic mass is 10.2. The number of hydrogen-bond donors (Lipinski definition) is 2. The van der Waals surface area contributed by atoms with Crippen LogP contribution in [-0.2, 0) is 20.0 Å². The monoisotopic (exact) mass is 491 g/mol. The molecule has 1 saturated heterocycles. The van der Waals surface area contributed by atoms with Crippen LogP contribution in [0, 0.1) is 0 Å². The predicted octanol–water partition coefficient (Wildman–Crippen LogP) is 1.40. The number of rotatable bonds is 6. The summed E-state index contributed by atoms with van der Waals surface area (Å²) in [7, 11) is -7.49. The van der Waals surface area contributed by atoms with E-state index in [0.29, 0.717) is 11.0 Å². The number of pyridine rings is 1. The highest BCUT2D eigenvalue weighted by atomic mass is 32.2. The van der Waals surface area contributed by atoms with E-state index < -0.39 is 20.0 Å². The minimum absolute atomic E-state index is 0.0104. The third-order valence-electron chi connectivity index (χ3n) is 5.34. The van der Waals surface area contributed by atoms with Crippen LogP contribution in [0.2, 0.25) is 0 Å². The molecule has 0 spiro atoms. The van der Waals surface area contributed by atoms with Crippen LogP contribution < -0.4 is 4.72 Å². The van der Waals surface area contributed by atoms with E-state index in [1.807, 2.05) is 0 Å². The van der Waals surface area contributed by atoms with E-state index in [1.165, 1.54) is 33.6 Å². The molecule has 2 N–H and O–H groups in total. The fourth-order valence-corrected chi connectivity index (χ4v) is 6.64. The molecule has 10 nitrogen and oxygen atoms in total. The Morgan fingerprint density at radius 2 is 1.79 bits per heavy atom. The van der Waals surface area contributed by atoms with Crippen molar-refractivity contribution >= 4 is 37.0 Å². The van der Waals surface area contributed by atoms with Gasteiger partial charge in [-0.2, -0.15) is 4.31 Å². The van der Waals surface area contributed by atoms with Crippen molar-refractivity contribution < 1.29 is 21.6 Å². The molecule has 0 aliphatic carbocycles. The first-order valence-corrected chi connectivity index (χ1v) is 13.4. The number of carbonyl (C=O) groups excluding carboxylic acids is 1. The average Bonchev–Trinajstić information content (AvgIpc) is 3.23. The smallest absolute Gasteiger partial charge is 0.253 e. The summed E-state index contributed by atoms with van der Waals surface area (Å²) in [5.41, 5.74) is 0.729. The third-order valence-corrected chi connectivity index (χ3v) is 8.93. The Bertz CT molecular complexity index is 1390. The summed E-state index contributed by atoms with van der Waals surface area (Å²) < 4.78 is 55.0. The van der Waals surface area contributed by atoms with Gasteiger partial charge in [0.05, 0.1) is 4.90 Å². The van der Waals surface area contributed by atoms with Crippen molar-refractivity contribution in [3.63, 3.8) is 0 Å². The van der Waals surface area contributed by atoms with Gasteiger partial charge in [-0.3, -0.25) is 4.79 Å². The normalized spacial score (nSPS) is 15.9. The Balaban J connectivity index is 1.48. The molecule has 1 fully saturated rings. The van der Waals surface area contributed by atoms with E-state index in [-0.39, 0.29) is 53.5 Å². The van der Waals surface area contributed by atoms with Crippen LogP contribution in [0.15, 0.2) is 58.6 Å². The number of nitrogens with one attached hydrogen (secondary N) is 2. The molecule has 0 unspecified atom stereocenters. The minimum atomic E-state index is -3.76. The van der Waals surface area contributed by atoms with Gasteiger partial charge in [-0.15, -0.1) is 0 Å². The predicted molar refractivity (Wildman–Crippen MR) is 123 cm³/mol. The molecule has 0 radical (unpaired) electrons. The number of piperazine rings is 1. The molecule has 3 aromatic rings. The Morgan fingerprint density at radius 1 is 1.06 bits per heavy atom. The maximum atomic E-state index is 13.2. The molecule has 1 aliphatic rings. The topological polar surface area (TPSA) is 133 Å². The second kappa shape index (κ2) is 8.86. The second-order valence-electron chi connectivity index (χ2n) is 8.05. The van der Waals surface area contributed by atoms with Gasteiger partial charge in [0.15, 0.2) is 0 Å². The van der Waals surface area contributed by atoms with E-state index in [0.717, 1.165) is 0 Å². The quantitative estimate of drug-likeness (QED) is 0.536. The van der Waals surface area contributed by atoms with Crippen molar-refractivity contribution in [2.75, 3.05) is 26.2 Å². The van der Waals surface area contributed by atoms with Crippen LogP contribution >= 0.6 is 0 Å². The Kier molecular flexibility index (Phi) is 6.27. The van der Waals surface area contributed by atoms with Crippen molar-refractivity contribution in [2.45, 2.75) is 29.7 Å². The fourth-order valence-electron chi connectivity index (χ4n) is 3.77. The lowest BCUT2D eigenvalue weighted by Gasteiger charge is -2.34. The van der Waals surface area contributed by atoms with Crippen LogP contribution in [0.4, 0.5) is 0 Å². The Hall–Kier alpha value is -2.80. The third kappa shape index (κ3) is 4.64. The van der Waals surface area contributed by atoms with Gasteiger partial charge < -0.3 is 9.88 Å². The molecule has 0 bridgehead atoms. The average molecular weight is 492 g/mol. The number of benzene rings is 1. The van der Waals surface area contributed by atoms with Gasteiger partial charge >= 0.3 is 0 Å². The van der Waals surface area contributed by atoms with Gasteiger partial charge in [-0.1, -0.05) is 6.07 Å². The molecular formula is C21H25N5O5S2. The lowest BCUT2D eigenvalue weighted by molar-refractivity contribution is 0.0697. The van der Waals surface area contributed by atoms with Crippen molar-refractivity contribution in [1.82, 2.24) is 23.9 Å². The van der Waals surface area contributed by atoms with Crippen LogP contribution in [-0.4, -0.2) is 74.1 Å². The highest BCUT2D eigenvalue weighted by Crippen LogP contribution is 2.25. The number of fused-ring (bicyclic) bond motifs is 1. The van der Waals surface area contributed by atoms with Crippen molar-refractivity contribution in [3.8, 4) is 0 Å². The zero-order chi connectivity index (χ0) is 23.8. The van der Waals surface area contributed by atoms with E-state index in [9.17, 15) is 21.6 Å². The number of nitrogens with zero attached hydrogens (tertiary/aromatic N) is 3. The molecule has 0 saturated carbocycles. The fraction of sp³-hybridized carbons (Fsp3) is 0.333. The molecule has 1 aliphatic heterocycles. The largest absolute Gasteiger partial charge is 0.345 e. The van der Waals surface area contributed by atoms with Gasteiger partial charge in [-0.25, -0.2) is 26.5 Å². The maximum Gasteiger partial charge on any atom is 0.253 e. The summed E-state index contributed by atoms with van der Waals surface area (Å²) in [6, 6.07) is 8.94. The summed E-state index contributed by atoms with van der Waals surface area (Å²) >= 11 is 0. The molecule has 33 heavy (non-hydrogen) atoms. The molecule has 12 heteroatoms. The Labute approximate surface area is 192 Å². The minimum Gasteiger partial charge on any atom is -0.345 e. The van der Waals surface area contributed by atoms with E-state index in [2.05, 4.69) is 14.7 Å². The van der Waals surface area contributed by atoms with Crippen molar-refractivity contribution in [2.24, 2.45) is 0 Å². The molecule has 176 valence electrons. The second-order valence-corrected chi connectivity index (χ2v) is 11.7. The van der Waals surface area contributed by atoms with E-state index >= 15 is 0 Å². The van der Waals surface area contributed by atoms with E-state index in [4.69, 9.17) is 0 Å². The van der Waals surface area contributed by atoms with E-state index in [1.54, 1.807) is 38.2 Å². The van der Waals surface area contributed by atoms with Gasteiger partial charge in [0.25, 0.3) is 5.91 Å². The SMILES string of the molecule is CC(C)NS(=O)(=O)c1cccc(C(=O)N2CCN(S(=O)(=O)c3c[nH]c4ncccc34)CC2)c1. The van der Waals surface area contributed by atoms with Crippen LogP contribution in [0.25, 0.3) is 11.0 Å². The molecule has 0 atom stereocenters. The summed E-state index contributed by atoms with van der Waals surface area (Å²) in [5, 5.41) is 0.518. The number of aromatic amines is 1. The van der Waals surface area contributed by atoms with Crippen molar-refractivity contribution in [1.29, 1.82) is 0 Å².